The fourth-order valence-corrected chi connectivity index (χ4v) is 1.87. The monoisotopic (exact) mass is 276 g/mol. The van der Waals surface area contributed by atoms with Crippen LogP contribution in [0.25, 0.3) is 0 Å². The molecular formula is C15H14F2N2O. The van der Waals surface area contributed by atoms with Gasteiger partial charge in [-0.05, 0) is 24.6 Å². The molecule has 2 aromatic carbocycles. The maximum Gasteiger partial charge on any atom is 0.254 e. The van der Waals surface area contributed by atoms with Crippen LogP contribution < -0.4 is 11.1 Å². The molecular weight excluding hydrogens is 262 g/mol. The predicted molar refractivity (Wildman–Crippen MR) is 73.1 cm³/mol. The van der Waals surface area contributed by atoms with E-state index in [1.165, 1.54) is 0 Å². The average molecular weight is 276 g/mol. The Morgan fingerprint density at radius 2 is 1.85 bits per heavy atom. The Bertz CT molecular complexity index is 629. The van der Waals surface area contributed by atoms with Gasteiger partial charge in [0.25, 0.3) is 5.91 Å². The average Bonchev–Trinajstić information content (AvgIpc) is 2.43. The summed E-state index contributed by atoms with van der Waals surface area (Å²) in [6, 6.07) is 10.5. The minimum absolute atomic E-state index is 0.326. The Balaban J connectivity index is 2.21. The van der Waals surface area contributed by atoms with Crippen LogP contribution in [-0.4, -0.2) is 5.91 Å². The summed E-state index contributed by atoms with van der Waals surface area (Å²) in [4.78, 5) is 12.0. The molecule has 3 nitrogen and oxygen atoms in total. The molecule has 20 heavy (non-hydrogen) atoms. The molecule has 0 spiro atoms. The van der Waals surface area contributed by atoms with Gasteiger partial charge in [0.15, 0.2) is 5.82 Å². The van der Waals surface area contributed by atoms with E-state index in [1.54, 1.807) is 6.92 Å². The molecule has 0 saturated heterocycles. The lowest BCUT2D eigenvalue weighted by molar-refractivity contribution is 0.0935. The zero-order valence-electron chi connectivity index (χ0n) is 10.9. The largest absolute Gasteiger partial charge is 0.396 e. The fraction of sp³-hybridized carbons (Fsp3) is 0.133. The lowest BCUT2D eigenvalue weighted by Crippen LogP contribution is -2.27. The Morgan fingerprint density at radius 3 is 2.50 bits per heavy atom. The molecule has 1 atom stereocenters. The lowest BCUT2D eigenvalue weighted by atomic mass is 10.1. The van der Waals surface area contributed by atoms with Crippen molar-refractivity contribution < 1.29 is 13.6 Å². The minimum Gasteiger partial charge on any atom is -0.396 e. The number of carbonyl (C=O) groups is 1. The van der Waals surface area contributed by atoms with Gasteiger partial charge >= 0.3 is 0 Å². The van der Waals surface area contributed by atoms with Crippen molar-refractivity contribution in [2.24, 2.45) is 0 Å². The smallest absolute Gasteiger partial charge is 0.254 e. The number of nitrogen functional groups attached to an aromatic ring is 1. The number of hydrogen-bond acceptors (Lipinski definition) is 2. The second-order valence-electron chi connectivity index (χ2n) is 4.46. The first kappa shape index (κ1) is 14.0. The van der Waals surface area contributed by atoms with Gasteiger partial charge in [-0.2, -0.15) is 0 Å². The summed E-state index contributed by atoms with van der Waals surface area (Å²) >= 11 is 0. The maximum atomic E-state index is 13.7. The van der Waals surface area contributed by atoms with Crippen molar-refractivity contribution in [3.8, 4) is 0 Å². The van der Waals surface area contributed by atoms with Crippen LogP contribution in [-0.2, 0) is 0 Å². The standard InChI is InChI=1S/C15H14F2N2O/c1-9(10-5-3-2-4-6-10)19-15(20)12-7-11(16)8-13(18)14(12)17/h2-9H,18H2,1H3,(H,19,20)/t9-/m0/s1. The van der Waals surface area contributed by atoms with Crippen molar-refractivity contribution in [3.05, 3.63) is 65.2 Å². The van der Waals surface area contributed by atoms with E-state index in [0.717, 1.165) is 17.7 Å². The van der Waals surface area contributed by atoms with Gasteiger partial charge in [0.1, 0.15) is 5.82 Å². The number of anilines is 1. The first-order valence-corrected chi connectivity index (χ1v) is 6.09. The number of halogens is 2. The van der Waals surface area contributed by atoms with E-state index in [0.29, 0.717) is 0 Å². The lowest BCUT2D eigenvalue weighted by Gasteiger charge is -2.15. The highest BCUT2D eigenvalue weighted by Gasteiger charge is 2.18. The molecule has 0 radical (unpaired) electrons. The van der Waals surface area contributed by atoms with Crippen molar-refractivity contribution in [1.29, 1.82) is 0 Å². The molecule has 0 aliphatic carbocycles. The zero-order valence-corrected chi connectivity index (χ0v) is 10.9. The summed E-state index contributed by atoms with van der Waals surface area (Å²) in [5.41, 5.74) is 5.39. The molecule has 1 amide bonds. The van der Waals surface area contributed by atoms with Crippen LogP contribution in [0, 0.1) is 11.6 Å². The van der Waals surface area contributed by atoms with E-state index in [4.69, 9.17) is 5.73 Å². The van der Waals surface area contributed by atoms with Gasteiger partial charge in [-0.15, -0.1) is 0 Å². The van der Waals surface area contributed by atoms with Crippen molar-refractivity contribution in [1.82, 2.24) is 5.32 Å². The molecule has 0 heterocycles. The van der Waals surface area contributed by atoms with Crippen molar-refractivity contribution in [2.75, 3.05) is 5.73 Å². The number of hydrogen-bond donors (Lipinski definition) is 2. The third-order valence-electron chi connectivity index (χ3n) is 2.96. The number of nitrogens with two attached hydrogens (primary N) is 1. The Kier molecular flexibility index (Phi) is 3.98. The number of benzene rings is 2. The Labute approximate surface area is 115 Å². The SMILES string of the molecule is C[C@H](NC(=O)c1cc(F)cc(N)c1F)c1ccccc1. The van der Waals surface area contributed by atoms with Crippen LogP contribution in [0.15, 0.2) is 42.5 Å². The first-order valence-electron chi connectivity index (χ1n) is 6.09. The van der Waals surface area contributed by atoms with E-state index < -0.39 is 23.1 Å². The summed E-state index contributed by atoms with van der Waals surface area (Å²) < 4.78 is 26.9. The quantitative estimate of drug-likeness (QED) is 0.847. The third-order valence-corrected chi connectivity index (χ3v) is 2.96. The highest BCUT2D eigenvalue weighted by molar-refractivity contribution is 5.95. The minimum atomic E-state index is -0.913. The predicted octanol–water partition coefficient (Wildman–Crippen LogP) is 3.04. The zero-order chi connectivity index (χ0) is 14.7. The van der Waals surface area contributed by atoms with E-state index in [9.17, 15) is 13.6 Å². The fourth-order valence-electron chi connectivity index (χ4n) is 1.87. The van der Waals surface area contributed by atoms with E-state index in [2.05, 4.69) is 5.32 Å². The Hall–Kier alpha value is -2.43. The van der Waals surface area contributed by atoms with Gasteiger partial charge < -0.3 is 11.1 Å². The van der Waals surface area contributed by atoms with Crippen LogP contribution in [0.3, 0.4) is 0 Å². The Morgan fingerprint density at radius 1 is 1.20 bits per heavy atom. The van der Waals surface area contributed by atoms with Gasteiger partial charge in [0, 0.05) is 0 Å². The molecule has 0 aliphatic heterocycles. The third kappa shape index (κ3) is 2.93. The summed E-state index contributed by atoms with van der Waals surface area (Å²) in [7, 11) is 0. The van der Waals surface area contributed by atoms with Gasteiger partial charge in [0.05, 0.1) is 17.3 Å². The molecule has 3 N–H and O–H groups in total. The van der Waals surface area contributed by atoms with Gasteiger partial charge in [-0.1, -0.05) is 30.3 Å². The van der Waals surface area contributed by atoms with Gasteiger partial charge in [-0.3, -0.25) is 4.79 Å². The second-order valence-corrected chi connectivity index (χ2v) is 4.46. The molecule has 0 bridgehead atoms. The summed E-state index contributed by atoms with van der Waals surface area (Å²) in [6.45, 7) is 1.76. The molecule has 0 aliphatic rings. The number of nitrogens with one attached hydrogen (secondary N) is 1. The summed E-state index contributed by atoms with van der Waals surface area (Å²) in [6.07, 6.45) is 0. The molecule has 2 rings (SSSR count). The molecule has 2 aromatic rings. The molecule has 0 unspecified atom stereocenters. The van der Waals surface area contributed by atoms with Crippen LogP contribution in [0.1, 0.15) is 28.9 Å². The van der Waals surface area contributed by atoms with Gasteiger partial charge in [0.2, 0.25) is 0 Å². The first-order chi connectivity index (χ1) is 9.49. The van der Waals surface area contributed by atoms with Gasteiger partial charge in [-0.25, -0.2) is 8.78 Å². The highest BCUT2D eigenvalue weighted by atomic mass is 19.1. The van der Waals surface area contributed by atoms with E-state index in [1.807, 2.05) is 30.3 Å². The molecule has 0 aromatic heterocycles. The number of rotatable bonds is 3. The van der Waals surface area contributed by atoms with Crippen molar-refractivity contribution >= 4 is 11.6 Å². The highest BCUT2D eigenvalue weighted by Crippen LogP contribution is 2.19. The molecule has 104 valence electrons. The summed E-state index contributed by atoms with van der Waals surface area (Å²) in [5, 5.41) is 2.61. The number of carbonyl (C=O) groups excluding carboxylic acids is 1. The van der Waals surface area contributed by atoms with Crippen LogP contribution in [0.4, 0.5) is 14.5 Å². The van der Waals surface area contributed by atoms with Crippen LogP contribution in [0.5, 0.6) is 0 Å². The molecule has 0 saturated carbocycles. The maximum absolute atomic E-state index is 13.7. The summed E-state index contributed by atoms with van der Waals surface area (Å²) in [5.74, 6) is -2.37. The molecule has 5 heteroatoms. The normalized spacial score (nSPS) is 11.9. The van der Waals surface area contributed by atoms with Crippen molar-refractivity contribution in [3.63, 3.8) is 0 Å². The van der Waals surface area contributed by atoms with E-state index >= 15 is 0 Å². The van der Waals surface area contributed by atoms with E-state index in [-0.39, 0.29) is 11.7 Å². The van der Waals surface area contributed by atoms with Crippen molar-refractivity contribution in [2.45, 2.75) is 13.0 Å². The second kappa shape index (κ2) is 5.69. The topological polar surface area (TPSA) is 55.1 Å². The molecule has 0 fully saturated rings. The number of amides is 1. The van der Waals surface area contributed by atoms with Crippen LogP contribution >= 0.6 is 0 Å². The van der Waals surface area contributed by atoms with Crippen LogP contribution in [0.2, 0.25) is 0 Å².